The number of para-hydroxylation sites is 1. The van der Waals surface area contributed by atoms with E-state index in [2.05, 4.69) is 25.8 Å². The predicted molar refractivity (Wildman–Crippen MR) is 162 cm³/mol. The summed E-state index contributed by atoms with van der Waals surface area (Å²) in [5.74, 6) is -2.68. The number of carboxylic acids is 1. The van der Waals surface area contributed by atoms with Crippen LogP contribution in [0.5, 0.6) is 17.2 Å². The normalized spacial score (nSPS) is 11.3. The van der Waals surface area contributed by atoms with Crippen molar-refractivity contribution in [1.82, 2.24) is 0 Å². The monoisotopic (exact) mass is 671 g/mol. The molecule has 5 aromatic carbocycles. The van der Waals surface area contributed by atoms with E-state index in [1.807, 2.05) is 30.3 Å². The average molecular weight is 672 g/mol. The second-order valence-electron chi connectivity index (χ2n) is 9.65. The summed E-state index contributed by atoms with van der Waals surface area (Å²) < 4.78 is 40.0. The number of methoxy groups -OCH3 is 1. The second-order valence-corrected chi connectivity index (χ2v) is 11.0. The van der Waals surface area contributed by atoms with E-state index in [0.717, 1.165) is 23.9 Å². The number of carboxylic acid groups (broad SMARTS) is 1. The number of aryl methyl sites for hydroxylation is 1. The summed E-state index contributed by atoms with van der Waals surface area (Å²) >= 11 is 0. The Morgan fingerprint density at radius 2 is 1.53 bits per heavy atom. The van der Waals surface area contributed by atoms with Crippen LogP contribution in [0, 0.1) is 6.92 Å². The van der Waals surface area contributed by atoms with Gasteiger partial charge in [-0.1, -0.05) is 41.8 Å². The fourth-order valence-corrected chi connectivity index (χ4v) is 5.02. The summed E-state index contributed by atoms with van der Waals surface area (Å²) in [4.78, 5) is 10.5. The first-order valence-corrected chi connectivity index (χ1v) is 14.5. The van der Waals surface area contributed by atoms with Crippen LogP contribution in [0.4, 0.5) is 34.1 Å². The summed E-state index contributed by atoms with van der Waals surface area (Å²) in [7, 11) is -3.54. The minimum atomic E-state index is -4.89. The van der Waals surface area contributed by atoms with Crippen molar-refractivity contribution in [2.75, 3.05) is 12.4 Å². The van der Waals surface area contributed by atoms with Crippen molar-refractivity contribution < 1.29 is 96.9 Å². The number of nitrogens with one attached hydrogen (secondary N) is 1. The number of rotatable bonds is 9. The van der Waals surface area contributed by atoms with Crippen molar-refractivity contribution in [2.24, 2.45) is 20.5 Å². The number of hydrogen-bond acceptors (Lipinski definition) is 11. The summed E-state index contributed by atoms with van der Waals surface area (Å²) in [5, 5.41) is 54.0. The first-order valence-electron chi connectivity index (χ1n) is 13.1. The summed E-state index contributed by atoms with van der Waals surface area (Å²) in [6.45, 7) is 1.66. The topological polar surface area (TPSA) is 208 Å². The third kappa shape index (κ3) is 8.74. The van der Waals surface area contributed by atoms with E-state index in [0.29, 0.717) is 16.9 Å². The van der Waals surface area contributed by atoms with Gasteiger partial charge in [0.1, 0.15) is 16.3 Å². The average Bonchev–Trinajstić information content (AvgIpc) is 3.00. The summed E-state index contributed by atoms with van der Waals surface area (Å²) in [5.41, 5.74) is 1.40. The fourth-order valence-electron chi connectivity index (χ4n) is 4.37. The van der Waals surface area contributed by atoms with Gasteiger partial charge >= 0.3 is 65.1 Å². The number of aromatic carboxylic acids is 1. The van der Waals surface area contributed by atoms with E-state index in [4.69, 9.17) is 9.84 Å². The molecule has 0 fully saturated rings. The maximum atomic E-state index is 13.4. The van der Waals surface area contributed by atoms with Crippen LogP contribution in [0.15, 0.2) is 110 Å². The van der Waals surface area contributed by atoms with Gasteiger partial charge in [0.2, 0.25) is 0 Å². The molecular formula is C31H23N5Na2O8S. The van der Waals surface area contributed by atoms with Crippen LogP contribution >= 0.6 is 0 Å². The van der Waals surface area contributed by atoms with Gasteiger partial charge in [0.25, 0.3) is 10.1 Å². The molecule has 0 aromatic heterocycles. The molecule has 13 nitrogen and oxygen atoms in total. The molecule has 0 spiro atoms. The smallest absolute Gasteiger partial charge is 0.872 e. The van der Waals surface area contributed by atoms with E-state index in [1.54, 1.807) is 19.1 Å². The number of azo groups is 2. The van der Waals surface area contributed by atoms with Crippen molar-refractivity contribution in [1.29, 1.82) is 0 Å². The maximum Gasteiger partial charge on any atom is 1.00 e. The first-order chi connectivity index (χ1) is 21.4. The molecule has 5 aromatic rings. The largest absolute Gasteiger partial charge is 1.00 e. The number of fused-ring (bicyclic) bond motifs is 1. The van der Waals surface area contributed by atoms with Crippen molar-refractivity contribution in [3.05, 3.63) is 96.1 Å². The van der Waals surface area contributed by atoms with Gasteiger partial charge in [-0.3, -0.25) is 4.55 Å². The minimum Gasteiger partial charge on any atom is -0.872 e. The van der Waals surface area contributed by atoms with Gasteiger partial charge in [0, 0.05) is 17.4 Å². The fraction of sp³-hybridized carbons (Fsp3) is 0.0645. The SMILES string of the molecule is COc1cc(N=Nc2ccc([O-])c(C(=O)O)c2)c(C)cc1N=Nc1c(S(=O)(=O)O)cc2cc(Nc3ccccc3)ccc2c1[O-].[Na+].[Na+]. The molecule has 16 heteroatoms. The second kappa shape index (κ2) is 15.8. The van der Waals surface area contributed by atoms with Crippen LogP contribution in [0.25, 0.3) is 10.8 Å². The Labute approximate surface area is 313 Å². The number of hydrogen-bond donors (Lipinski definition) is 3. The molecule has 0 radical (unpaired) electrons. The summed E-state index contributed by atoms with van der Waals surface area (Å²) in [6, 6.07) is 21.6. The Morgan fingerprint density at radius 1 is 0.830 bits per heavy atom. The molecular weight excluding hydrogens is 648 g/mol. The van der Waals surface area contributed by atoms with E-state index in [-0.39, 0.29) is 87.0 Å². The molecule has 3 N–H and O–H groups in total. The number of benzene rings is 5. The standard InChI is InChI=1S/C31H25N5O8S.2Na/c1-17-12-25(27(44-2)16-24(17)34-33-21-9-11-26(37)23(15-21)31(39)40)35-36-29-28(45(41,42)43)14-18-13-20(8-10-22(18)30(29)38)32-19-6-4-3-5-7-19;;/h3-16,32,37-38H,1-2H3,(H,39,40)(H,41,42,43);;/q;2*+1/p-2. The zero-order valence-electron chi connectivity index (χ0n) is 25.6. The molecule has 47 heavy (non-hydrogen) atoms. The van der Waals surface area contributed by atoms with E-state index in [9.17, 15) is 28.0 Å². The Hall–Kier alpha value is -3.86. The number of carbonyl (C=O) groups is 1. The van der Waals surface area contributed by atoms with Crippen LogP contribution in [0.2, 0.25) is 0 Å². The number of ether oxygens (including phenoxy) is 1. The van der Waals surface area contributed by atoms with Gasteiger partial charge in [-0.25, -0.2) is 4.79 Å². The Kier molecular flexibility index (Phi) is 12.7. The van der Waals surface area contributed by atoms with Crippen molar-refractivity contribution in [3.8, 4) is 17.2 Å². The Morgan fingerprint density at radius 3 is 2.19 bits per heavy atom. The molecule has 0 amide bonds. The van der Waals surface area contributed by atoms with Gasteiger partial charge in [0.15, 0.2) is 0 Å². The quantitative estimate of drug-likeness (QED) is 0.115. The van der Waals surface area contributed by atoms with Crippen molar-refractivity contribution in [2.45, 2.75) is 11.8 Å². The van der Waals surface area contributed by atoms with Gasteiger partial charge in [-0.05, 0) is 71.8 Å². The molecule has 0 atom stereocenters. The molecule has 5 rings (SSSR count). The number of nitrogens with zero attached hydrogens (tertiary/aromatic N) is 4. The zero-order chi connectivity index (χ0) is 32.3. The van der Waals surface area contributed by atoms with Gasteiger partial charge in [-0.15, -0.1) is 10.2 Å². The van der Waals surface area contributed by atoms with E-state index in [1.165, 1.54) is 31.4 Å². The molecule has 0 saturated carbocycles. The predicted octanol–water partition coefficient (Wildman–Crippen LogP) is 0.831. The molecule has 228 valence electrons. The van der Waals surface area contributed by atoms with Gasteiger partial charge in [-0.2, -0.15) is 18.6 Å². The van der Waals surface area contributed by atoms with Crippen LogP contribution in [0.3, 0.4) is 0 Å². The van der Waals surface area contributed by atoms with E-state index >= 15 is 0 Å². The first kappa shape index (κ1) is 37.6. The molecule has 0 aliphatic carbocycles. The van der Waals surface area contributed by atoms with Gasteiger partial charge < -0.3 is 25.4 Å². The molecule has 0 aliphatic heterocycles. The Bertz CT molecular complexity index is 2130. The molecule has 0 heterocycles. The molecule has 0 bridgehead atoms. The molecule has 0 aliphatic rings. The zero-order valence-corrected chi connectivity index (χ0v) is 30.4. The van der Waals surface area contributed by atoms with Crippen LogP contribution in [-0.4, -0.2) is 31.2 Å². The van der Waals surface area contributed by atoms with Crippen LogP contribution < -0.4 is 79.4 Å². The number of anilines is 2. The third-order valence-electron chi connectivity index (χ3n) is 6.59. The Balaban J connectivity index is 0.00000300. The van der Waals surface area contributed by atoms with Crippen LogP contribution in [-0.2, 0) is 10.1 Å². The molecule has 0 saturated heterocycles. The molecule has 0 unspecified atom stereocenters. The van der Waals surface area contributed by atoms with Crippen molar-refractivity contribution in [3.63, 3.8) is 0 Å². The van der Waals surface area contributed by atoms with Crippen molar-refractivity contribution >= 4 is 61.0 Å². The van der Waals surface area contributed by atoms with Gasteiger partial charge in [0.05, 0.1) is 29.7 Å². The van der Waals surface area contributed by atoms with Crippen LogP contribution in [0.1, 0.15) is 15.9 Å². The summed E-state index contributed by atoms with van der Waals surface area (Å²) in [6.07, 6.45) is 0. The maximum absolute atomic E-state index is 13.4. The third-order valence-corrected chi connectivity index (χ3v) is 7.46. The van der Waals surface area contributed by atoms with E-state index < -0.39 is 43.7 Å². The minimum absolute atomic E-state index is 0.